The van der Waals surface area contributed by atoms with Gasteiger partial charge < -0.3 is 9.15 Å². The van der Waals surface area contributed by atoms with E-state index in [9.17, 15) is 0 Å². The maximum Gasteiger partial charge on any atom is 0.248 e. The van der Waals surface area contributed by atoms with Crippen LogP contribution in [0.4, 0.5) is 0 Å². The van der Waals surface area contributed by atoms with Crippen molar-refractivity contribution in [2.45, 2.75) is 32.6 Å². The van der Waals surface area contributed by atoms with Crippen molar-refractivity contribution in [3.05, 3.63) is 48.5 Å². The quantitative estimate of drug-likeness (QED) is 0.418. The molecule has 0 unspecified atom stereocenters. The Morgan fingerprint density at radius 2 is 1.45 bits per heavy atom. The van der Waals surface area contributed by atoms with Crippen LogP contribution in [-0.4, -0.2) is 37.4 Å². The van der Waals surface area contributed by atoms with Gasteiger partial charge in [-0.25, -0.2) is 0 Å². The molecule has 1 N–H and O–H groups in total. The van der Waals surface area contributed by atoms with Crippen LogP contribution in [0.15, 0.2) is 52.9 Å². The van der Waals surface area contributed by atoms with Gasteiger partial charge in [0.05, 0.1) is 6.61 Å². The molecular weight excluding hydrogens is 368 g/mol. The van der Waals surface area contributed by atoms with Crippen LogP contribution in [0.5, 0.6) is 5.75 Å². The Labute approximate surface area is 168 Å². The number of rotatable bonds is 9. The van der Waals surface area contributed by atoms with E-state index >= 15 is 0 Å². The Balaban J connectivity index is 1.39. The third-order valence-corrected chi connectivity index (χ3v) is 4.53. The maximum absolute atomic E-state index is 5.84. The van der Waals surface area contributed by atoms with E-state index in [0.29, 0.717) is 17.6 Å². The largest absolute Gasteiger partial charge is 0.494 e. The molecule has 0 fully saturated rings. The highest BCUT2D eigenvalue weighted by Crippen LogP contribution is 2.26. The van der Waals surface area contributed by atoms with Gasteiger partial charge in [0.1, 0.15) is 5.75 Å². The van der Waals surface area contributed by atoms with Crippen LogP contribution in [0.1, 0.15) is 32.6 Å². The maximum atomic E-state index is 5.84. The first-order valence-corrected chi connectivity index (χ1v) is 9.74. The molecule has 0 aliphatic rings. The molecule has 0 aliphatic carbocycles. The summed E-state index contributed by atoms with van der Waals surface area (Å²) in [7, 11) is 0. The minimum atomic E-state index is 0.455. The topological polar surface area (TPSA) is 103 Å². The molecule has 0 aliphatic heterocycles. The lowest BCUT2D eigenvalue weighted by atomic mass is 10.1. The molecule has 0 bridgehead atoms. The van der Waals surface area contributed by atoms with Crippen LogP contribution >= 0.6 is 0 Å². The highest BCUT2D eigenvalue weighted by Gasteiger charge is 2.11. The molecule has 0 saturated carbocycles. The zero-order chi connectivity index (χ0) is 19.9. The molecular formula is C21H22N6O2. The summed E-state index contributed by atoms with van der Waals surface area (Å²) in [6, 6.07) is 15.3. The average molecular weight is 390 g/mol. The van der Waals surface area contributed by atoms with Crippen LogP contribution in [0, 0.1) is 0 Å². The van der Waals surface area contributed by atoms with E-state index in [0.717, 1.165) is 35.5 Å². The van der Waals surface area contributed by atoms with Gasteiger partial charge in [0.15, 0.2) is 0 Å². The van der Waals surface area contributed by atoms with Gasteiger partial charge in [-0.05, 0) is 48.0 Å². The fourth-order valence-electron chi connectivity index (χ4n) is 2.92. The number of hydrogen-bond acceptors (Lipinski definition) is 7. The Morgan fingerprint density at radius 3 is 2.07 bits per heavy atom. The smallest absolute Gasteiger partial charge is 0.248 e. The lowest BCUT2D eigenvalue weighted by Crippen LogP contribution is -1.96. The Morgan fingerprint density at radius 1 is 0.793 bits per heavy atom. The van der Waals surface area contributed by atoms with Gasteiger partial charge in [-0.15, -0.1) is 20.4 Å². The standard InChI is InChI=1S/C21H22N6O2/c1-2-3-4-5-14-28-18-12-10-17(11-13-18)21-25-24-20(29-21)16-8-6-15(7-9-16)19-22-26-27-23-19/h6-13H,2-5,14H2,1H3,(H,22,23,26,27). The first-order valence-electron chi connectivity index (χ1n) is 9.74. The molecule has 2 heterocycles. The van der Waals surface area contributed by atoms with E-state index in [2.05, 4.69) is 37.7 Å². The molecule has 8 heteroatoms. The normalized spacial score (nSPS) is 10.9. The summed E-state index contributed by atoms with van der Waals surface area (Å²) in [5.41, 5.74) is 2.53. The van der Waals surface area contributed by atoms with Crippen LogP contribution < -0.4 is 4.74 Å². The third-order valence-electron chi connectivity index (χ3n) is 4.53. The van der Waals surface area contributed by atoms with Crippen molar-refractivity contribution in [1.82, 2.24) is 30.8 Å². The number of unbranched alkanes of at least 4 members (excludes halogenated alkanes) is 3. The van der Waals surface area contributed by atoms with Gasteiger partial charge in [0, 0.05) is 16.7 Å². The Kier molecular flexibility index (Phi) is 5.89. The first-order chi connectivity index (χ1) is 14.3. The highest BCUT2D eigenvalue weighted by molar-refractivity contribution is 5.63. The summed E-state index contributed by atoms with van der Waals surface area (Å²) in [5.74, 6) is 2.31. The molecule has 29 heavy (non-hydrogen) atoms. The van der Waals surface area contributed by atoms with E-state index in [1.807, 2.05) is 48.5 Å². The summed E-state index contributed by atoms with van der Waals surface area (Å²) >= 11 is 0. The molecule has 0 amide bonds. The Hall–Kier alpha value is -3.55. The summed E-state index contributed by atoms with van der Waals surface area (Å²) in [6.07, 6.45) is 4.76. The van der Waals surface area contributed by atoms with Gasteiger partial charge in [-0.1, -0.05) is 38.3 Å². The number of benzene rings is 2. The third kappa shape index (κ3) is 4.66. The van der Waals surface area contributed by atoms with Crippen molar-refractivity contribution in [3.8, 4) is 40.0 Å². The van der Waals surface area contributed by atoms with E-state index in [-0.39, 0.29) is 0 Å². The van der Waals surface area contributed by atoms with Crippen LogP contribution in [-0.2, 0) is 0 Å². The second-order valence-electron chi connectivity index (χ2n) is 6.66. The molecule has 0 radical (unpaired) electrons. The van der Waals surface area contributed by atoms with E-state index in [4.69, 9.17) is 9.15 Å². The number of tetrazole rings is 1. The number of hydrogen-bond donors (Lipinski definition) is 1. The minimum absolute atomic E-state index is 0.455. The number of nitrogens with zero attached hydrogens (tertiary/aromatic N) is 5. The molecule has 4 rings (SSSR count). The molecule has 8 nitrogen and oxygen atoms in total. The molecule has 148 valence electrons. The number of aromatic nitrogens is 6. The fraction of sp³-hybridized carbons (Fsp3) is 0.286. The molecule has 0 saturated heterocycles. The average Bonchev–Trinajstić information content (AvgIpc) is 3.47. The SMILES string of the molecule is CCCCCCOc1ccc(-c2nnc(-c3ccc(-c4nn[nH]n4)cc3)o2)cc1. The van der Waals surface area contributed by atoms with Gasteiger partial charge >= 0.3 is 0 Å². The van der Waals surface area contributed by atoms with E-state index < -0.39 is 0 Å². The van der Waals surface area contributed by atoms with Gasteiger partial charge in [-0.2, -0.15) is 5.21 Å². The summed E-state index contributed by atoms with van der Waals surface area (Å²) in [6.45, 7) is 2.94. The van der Waals surface area contributed by atoms with Gasteiger partial charge in [0.25, 0.3) is 0 Å². The van der Waals surface area contributed by atoms with Gasteiger partial charge in [-0.3, -0.25) is 0 Å². The van der Waals surface area contributed by atoms with Crippen molar-refractivity contribution >= 4 is 0 Å². The number of H-pyrrole nitrogens is 1. The fourth-order valence-corrected chi connectivity index (χ4v) is 2.92. The van der Waals surface area contributed by atoms with Crippen molar-refractivity contribution < 1.29 is 9.15 Å². The number of ether oxygens (including phenoxy) is 1. The molecule has 0 spiro atoms. The van der Waals surface area contributed by atoms with Crippen LogP contribution in [0.3, 0.4) is 0 Å². The second-order valence-corrected chi connectivity index (χ2v) is 6.66. The first kappa shape index (κ1) is 18.8. The zero-order valence-electron chi connectivity index (χ0n) is 16.2. The molecule has 2 aromatic heterocycles. The van der Waals surface area contributed by atoms with Crippen molar-refractivity contribution in [1.29, 1.82) is 0 Å². The number of aromatic amines is 1. The monoisotopic (exact) mass is 390 g/mol. The minimum Gasteiger partial charge on any atom is -0.494 e. The van der Waals surface area contributed by atoms with Crippen LogP contribution in [0.2, 0.25) is 0 Å². The second kappa shape index (κ2) is 9.09. The van der Waals surface area contributed by atoms with E-state index in [1.54, 1.807) is 0 Å². The summed E-state index contributed by atoms with van der Waals surface area (Å²) in [4.78, 5) is 0. The van der Waals surface area contributed by atoms with Crippen molar-refractivity contribution in [3.63, 3.8) is 0 Å². The van der Waals surface area contributed by atoms with Crippen molar-refractivity contribution in [2.24, 2.45) is 0 Å². The number of nitrogens with one attached hydrogen (secondary N) is 1. The lowest BCUT2D eigenvalue weighted by Gasteiger charge is -2.06. The zero-order valence-corrected chi connectivity index (χ0v) is 16.2. The van der Waals surface area contributed by atoms with Crippen LogP contribution in [0.25, 0.3) is 34.3 Å². The lowest BCUT2D eigenvalue weighted by molar-refractivity contribution is 0.305. The predicted octanol–water partition coefficient (Wildman–Crippen LogP) is 4.54. The summed E-state index contributed by atoms with van der Waals surface area (Å²) < 4.78 is 11.6. The van der Waals surface area contributed by atoms with E-state index in [1.165, 1.54) is 19.3 Å². The predicted molar refractivity (Wildman–Crippen MR) is 108 cm³/mol. The molecule has 4 aromatic rings. The Bertz CT molecular complexity index is 1010. The molecule has 0 atom stereocenters. The van der Waals surface area contributed by atoms with Crippen molar-refractivity contribution in [2.75, 3.05) is 6.61 Å². The highest BCUT2D eigenvalue weighted by atomic mass is 16.5. The molecule has 2 aromatic carbocycles. The summed E-state index contributed by atoms with van der Waals surface area (Å²) in [5, 5.41) is 22.2. The van der Waals surface area contributed by atoms with Gasteiger partial charge in [0.2, 0.25) is 17.6 Å².